The number of ether oxygens (including phenoxy) is 1. The van der Waals surface area contributed by atoms with Gasteiger partial charge < -0.3 is 4.74 Å². The first-order chi connectivity index (χ1) is 11.5. The van der Waals surface area contributed by atoms with Gasteiger partial charge in [-0.25, -0.2) is 17.7 Å². The van der Waals surface area contributed by atoms with Crippen molar-refractivity contribution in [2.45, 2.75) is 56.8 Å². The van der Waals surface area contributed by atoms with Gasteiger partial charge in [-0.1, -0.05) is 12.5 Å². The summed E-state index contributed by atoms with van der Waals surface area (Å²) in [5.41, 5.74) is 1.02. The van der Waals surface area contributed by atoms with Gasteiger partial charge in [-0.3, -0.25) is 0 Å². The van der Waals surface area contributed by atoms with Gasteiger partial charge in [0.1, 0.15) is 6.10 Å². The molecule has 1 aliphatic heterocycles. The van der Waals surface area contributed by atoms with Crippen LogP contribution in [-0.4, -0.2) is 42.2 Å². The zero-order valence-corrected chi connectivity index (χ0v) is 15.0. The van der Waals surface area contributed by atoms with Crippen LogP contribution in [0.25, 0.3) is 0 Å². The Morgan fingerprint density at radius 1 is 1.17 bits per heavy atom. The summed E-state index contributed by atoms with van der Waals surface area (Å²) >= 11 is 0. The summed E-state index contributed by atoms with van der Waals surface area (Å²) in [7, 11) is -3.13. The summed E-state index contributed by atoms with van der Waals surface area (Å²) in [5, 5.41) is -0.119. The third kappa shape index (κ3) is 2.94. The fourth-order valence-electron chi connectivity index (χ4n) is 4.70. The Labute approximate surface area is 144 Å². The second-order valence-corrected chi connectivity index (χ2v) is 9.75. The van der Waals surface area contributed by atoms with Crippen molar-refractivity contribution in [3.8, 4) is 5.88 Å². The highest BCUT2D eigenvalue weighted by atomic mass is 32.2. The van der Waals surface area contributed by atoms with Crippen LogP contribution in [0, 0.1) is 18.8 Å². The molecule has 1 unspecified atom stereocenters. The van der Waals surface area contributed by atoms with Crippen LogP contribution in [0.5, 0.6) is 5.88 Å². The lowest BCUT2D eigenvalue weighted by Gasteiger charge is -2.35. The zero-order valence-electron chi connectivity index (χ0n) is 14.2. The minimum Gasteiger partial charge on any atom is -0.474 e. The smallest absolute Gasteiger partial charge is 0.217 e. The molecule has 3 atom stereocenters. The molecule has 1 saturated heterocycles. The summed E-state index contributed by atoms with van der Waals surface area (Å²) in [6.07, 6.45) is 7.63. The Bertz CT molecular complexity index is 698. The molecule has 0 radical (unpaired) electrons. The monoisotopic (exact) mass is 350 g/mol. The number of aryl methyl sites for hydroxylation is 1. The lowest BCUT2D eigenvalue weighted by atomic mass is 10.0. The fourth-order valence-corrected chi connectivity index (χ4v) is 7.05. The molecule has 6 heteroatoms. The molecule has 1 aromatic heterocycles. The van der Waals surface area contributed by atoms with E-state index >= 15 is 0 Å². The van der Waals surface area contributed by atoms with Crippen LogP contribution >= 0.6 is 0 Å². The Morgan fingerprint density at radius 2 is 1.96 bits per heavy atom. The van der Waals surface area contributed by atoms with Gasteiger partial charge in [0.05, 0.1) is 5.25 Å². The van der Waals surface area contributed by atoms with Gasteiger partial charge in [-0.2, -0.15) is 0 Å². The molecule has 4 rings (SSSR count). The molecule has 2 heterocycles. The quantitative estimate of drug-likeness (QED) is 0.838. The number of hydrogen-bond acceptors (Lipinski definition) is 4. The lowest BCUT2D eigenvalue weighted by Crippen LogP contribution is -2.47. The van der Waals surface area contributed by atoms with Crippen LogP contribution in [0.1, 0.15) is 44.1 Å². The number of rotatable bonds is 4. The SMILES string of the molecule is Cc1cccnc1OC1CCN(S(=O)(=O)C2C[C@@H]3CC[C@H]2C3)CC1. The van der Waals surface area contributed by atoms with E-state index < -0.39 is 10.0 Å². The average Bonchev–Trinajstić information content (AvgIpc) is 3.21. The van der Waals surface area contributed by atoms with E-state index in [2.05, 4.69) is 4.98 Å². The van der Waals surface area contributed by atoms with E-state index in [1.807, 2.05) is 19.1 Å². The topological polar surface area (TPSA) is 59.5 Å². The van der Waals surface area contributed by atoms with Gasteiger partial charge in [0.15, 0.2) is 0 Å². The number of hydrogen-bond donors (Lipinski definition) is 0. The number of sulfonamides is 1. The predicted octanol–water partition coefficient (Wildman–Crippen LogP) is 2.75. The number of aromatic nitrogens is 1. The third-order valence-corrected chi connectivity index (χ3v) is 8.48. The molecule has 5 nitrogen and oxygen atoms in total. The molecule has 24 heavy (non-hydrogen) atoms. The molecule has 2 bridgehead atoms. The minimum absolute atomic E-state index is 0.0603. The van der Waals surface area contributed by atoms with Crippen LogP contribution in [0.15, 0.2) is 18.3 Å². The number of fused-ring (bicyclic) bond motifs is 2. The molecular formula is C18H26N2O3S. The highest BCUT2D eigenvalue weighted by Gasteiger charge is 2.48. The average molecular weight is 350 g/mol. The van der Waals surface area contributed by atoms with Crippen LogP contribution in [0.3, 0.4) is 0 Å². The number of pyridine rings is 1. The van der Waals surface area contributed by atoms with Crippen molar-refractivity contribution < 1.29 is 13.2 Å². The molecule has 0 spiro atoms. The van der Waals surface area contributed by atoms with Crippen molar-refractivity contribution in [2.75, 3.05) is 13.1 Å². The second-order valence-electron chi connectivity index (χ2n) is 7.60. The van der Waals surface area contributed by atoms with Crippen LogP contribution in [0.4, 0.5) is 0 Å². The highest BCUT2D eigenvalue weighted by Crippen LogP contribution is 2.48. The fraction of sp³-hybridized carbons (Fsp3) is 0.722. The van der Waals surface area contributed by atoms with E-state index in [1.165, 1.54) is 6.42 Å². The second kappa shape index (κ2) is 6.30. The third-order valence-electron chi connectivity index (χ3n) is 6.06. The van der Waals surface area contributed by atoms with E-state index in [4.69, 9.17) is 4.74 Å². The Balaban J connectivity index is 1.37. The van der Waals surface area contributed by atoms with Crippen molar-refractivity contribution in [3.63, 3.8) is 0 Å². The Kier molecular flexibility index (Phi) is 4.29. The van der Waals surface area contributed by atoms with Crippen LogP contribution in [-0.2, 0) is 10.0 Å². The summed E-state index contributed by atoms with van der Waals surface area (Å²) < 4.78 is 33.7. The number of piperidine rings is 1. The first-order valence-electron chi connectivity index (χ1n) is 9.11. The van der Waals surface area contributed by atoms with Crippen LogP contribution in [0.2, 0.25) is 0 Å². The maximum atomic E-state index is 13.0. The van der Waals surface area contributed by atoms with Gasteiger partial charge in [-0.05, 0) is 56.9 Å². The zero-order chi connectivity index (χ0) is 16.7. The molecule has 2 aliphatic carbocycles. The van der Waals surface area contributed by atoms with Gasteiger partial charge in [0, 0.05) is 24.8 Å². The normalized spacial score (nSPS) is 31.5. The minimum atomic E-state index is -3.13. The maximum absolute atomic E-state index is 13.0. The van der Waals surface area contributed by atoms with E-state index in [0.29, 0.717) is 30.8 Å². The Hall–Kier alpha value is -1.14. The largest absolute Gasteiger partial charge is 0.474 e. The molecule has 2 saturated carbocycles. The highest BCUT2D eigenvalue weighted by molar-refractivity contribution is 7.89. The molecule has 3 aliphatic rings. The maximum Gasteiger partial charge on any atom is 0.217 e. The van der Waals surface area contributed by atoms with Gasteiger partial charge in [-0.15, -0.1) is 0 Å². The molecule has 0 amide bonds. The molecule has 132 valence electrons. The lowest BCUT2D eigenvalue weighted by molar-refractivity contribution is 0.128. The molecule has 3 fully saturated rings. The molecular weight excluding hydrogens is 324 g/mol. The van der Waals surface area contributed by atoms with Crippen molar-refractivity contribution in [2.24, 2.45) is 11.8 Å². The first-order valence-corrected chi connectivity index (χ1v) is 10.6. The van der Waals surface area contributed by atoms with E-state index in [-0.39, 0.29) is 11.4 Å². The summed E-state index contributed by atoms with van der Waals surface area (Å²) in [6, 6.07) is 3.88. The van der Waals surface area contributed by atoms with Crippen molar-refractivity contribution in [1.82, 2.24) is 9.29 Å². The van der Waals surface area contributed by atoms with Gasteiger partial charge in [0.2, 0.25) is 15.9 Å². The van der Waals surface area contributed by atoms with Gasteiger partial charge in [0.25, 0.3) is 0 Å². The van der Waals surface area contributed by atoms with Crippen LogP contribution < -0.4 is 4.74 Å². The number of nitrogens with zero attached hydrogens (tertiary/aromatic N) is 2. The first kappa shape index (κ1) is 16.3. The molecule has 0 N–H and O–H groups in total. The van der Waals surface area contributed by atoms with Crippen molar-refractivity contribution >= 4 is 10.0 Å². The standard InChI is InChI=1S/C18H26N2O3S/c1-13-3-2-8-19-18(13)23-16-6-9-20(10-7-16)24(21,22)17-12-14-4-5-15(17)11-14/h2-3,8,14-17H,4-7,9-12H2,1H3/t14-,15+,17?/m1/s1. The predicted molar refractivity (Wildman–Crippen MR) is 92.4 cm³/mol. The van der Waals surface area contributed by atoms with E-state index in [1.54, 1.807) is 10.5 Å². The molecule has 1 aromatic rings. The van der Waals surface area contributed by atoms with Crippen molar-refractivity contribution in [1.29, 1.82) is 0 Å². The summed E-state index contributed by atoms with van der Waals surface area (Å²) in [6.45, 7) is 3.14. The van der Waals surface area contributed by atoms with E-state index in [9.17, 15) is 8.42 Å². The Morgan fingerprint density at radius 3 is 2.58 bits per heavy atom. The van der Waals surface area contributed by atoms with Gasteiger partial charge >= 0.3 is 0 Å². The summed E-state index contributed by atoms with van der Waals surface area (Å²) in [5.74, 6) is 1.74. The summed E-state index contributed by atoms with van der Waals surface area (Å²) in [4.78, 5) is 4.27. The molecule has 0 aromatic carbocycles. The van der Waals surface area contributed by atoms with Crippen molar-refractivity contribution in [3.05, 3.63) is 23.9 Å². The van der Waals surface area contributed by atoms with E-state index in [0.717, 1.165) is 37.7 Å².